The van der Waals surface area contributed by atoms with E-state index in [1.807, 2.05) is 0 Å². The third-order valence-corrected chi connectivity index (χ3v) is 3.28. The van der Waals surface area contributed by atoms with Crippen molar-refractivity contribution < 1.29 is 23.7 Å². The molecule has 2 aromatic rings. The Morgan fingerprint density at radius 1 is 1.00 bits per heavy atom. The molecule has 24 heavy (non-hydrogen) atoms. The van der Waals surface area contributed by atoms with Gasteiger partial charge in [-0.3, -0.25) is 5.32 Å². The van der Waals surface area contributed by atoms with Crippen molar-refractivity contribution in [2.75, 3.05) is 32.8 Å². The van der Waals surface area contributed by atoms with Crippen LogP contribution in [0.2, 0.25) is 5.02 Å². The molecular weight excluding hydrogens is 334 g/mol. The molecule has 7 heteroatoms. The minimum atomic E-state index is -0.603. The summed E-state index contributed by atoms with van der Waals surface area (Å²) in [5.41, 5.74) is 0.475. The second-order valence-electron chi connectivity index (χ2n) is 4.63. The van der Waals surface area contributed by atoms with Crippen LogP contribution in [0.5, 0.6) is 17.2 Å². The van der Waals surface area contributed by atoms with Crippen molar-refractivity contribution in [2.45, 2.75) is 0 Å². The van der Waals surface area contributed by atoms with E-state index in [0.29, 0.717) is 22.2 Å². The third kappa shape index (κ3) is 5.24. The van der Waals surface area contributed by atoms with Gasteiger partial charge in [0.05, 0.1) is 19.9 Å². The molecule has 0 fully saturated rings. The minimum absolute atomic E-state index is 0.105. The first-order valence-corrected chi connectivity index (χ1v) is 7.54. The molecular formula is C17H18ClNO5. The van der Waals surface area contributed by atoms with E-state index in [4.69, 9.17) is 30.5 Å². The van der Waals surface area contributed by atoms with Gasteiger partial charge in [-0.25, -0.2) is 4.79 Å². The highest BCUT2D eigenvalue weighted by Crippen LogP contribution is 2.27. The Morgan fingerprint density at radius 3 is 2.38 bits per heavy atom. The SMILES string of the molecule is COc1ccc(OCCOC(=O)Nc2ccc(Cl)cc2OC)cc1. The lowest BCUT2D eigenvalue weighted by Crippen LogP contribution is -2.18. The summed E-state index contributed by atoms with van der Waals surface area (Å²) in [6.07, 6.45) is -0.603. The van der Waals surface area contributed by atoms with Gasteiger partial charge in [-0.1, -0.05) is 11.6 Å². The molecule has 0 aliphatic heterocycles. The van der Waals surface area contributed by atoms with Gasteiger partial charge in [0.25, 0.3) is 0 Å². The van der Waals surface area contributed by atoms with Crippen LogP contribution in [-0.4, -0.2) is 33.5 Å². The highest BCUT2D eigenvalue weighted by atomic mass is 35.5. The number of carbonyl (C=O) groups is 1. The standard InChI is InChI=1S/C17H18ClNO5/c1-21-13-4-6-14(7-5-13)23-9-10-24-17(20)19-15-8-3-12(18)11-16(15)22-2/h3-8,11H,9-10H2,1-2H3,(H,19,20). The van der Waals surface area contributed by atoms with Crippen molar-refractivity contribution in [2.24, 2.45) is 0 Å². The number of halogens is 1. The fourth-order valence-corrected chi connectivity index (χ4v) is 2.04. The monoisotopic (exact) mass is 351 g/mol. The van der Waals surface area contributed by atoms with E-state index in [-0.39, 0.29) is 13.2 Å². The number of carbonyl (C=O) groups excluding carboxylic acids is 1. The first-order chi connectivity index (χ1) is 11.6. The summed E-state index contributed by atoms with van der Waals surface area (Å²) in [6, 6.07) is 12.0. The first kappa shape index (κ1) is 17.7. The smallest absolute Gasteiger partial charge is 0.411 e. The molecule has 2 rings (SSSR count). The van der Waals surface area contributed by atoms with Crippen LogP contribution in [0.3, 0.4) is 0 Å². The highest BCUT2D eigenvalue weighted by molar-refractivity contribution is 6.30. The molecule has 0 bridgehead atoms. The van der Waals surface area contributed by atoms with Crippen molar-refractivity contribution in [3.05, 3.63) is 47.5 Å². The number of hydrogen-bond donors (Lipinski definition) is 1. The molecule has 6 nitrogen and oxygen atoms in total. The molecule has 0 saturated heterocycles. The van der Waals surface area contributed by atoms with E-state index in [0.717, 1.165) is 5.75 Å². The van der Waals surface area contributed by atoms with Crippen LogP contribution >= 0.6 is 11.6 Å². The van der Waals surface area contributed by atoms with Crippen LogP contribution in [0.15, 0.2) is 42.5 Å². The minimum Gasteiger partial charge on any atom is -0.497 e. The number of methoxy groups -OCH3 is 2. The molecule has 0 radical (unpaired) electrons. The summed E-state index contributed by atoms with van der Waals surface area (Å²) < 4.78 is 20.7. The van der Waals surface area contributed by atoms with Crippen molar-refractivity contribution in [3.63, 3.8) is 0 Å². The number of ether oxygens (including phenoxy) is 4. The molecule has 1 amide bonds. The maximum atomic E-state index is 11.8. The summed E-state index contributed by atoms with van der Waals surface area (Å²) in [5.74, 6) is 1.86. The Labute approximate surface area is 145 Å². The van der Waals surface area contributed by atoms with Crippen molar-refractivity contribution in [3.8, 4) is 17.2 Å². The quantitative estimate of drug-likeness (QED) is 0.764. The average Bonchev–Trinajstić information content (AvgIpc) is 2.60. The number of rotatable bonds is 7. The number of amides is 1. The molecule has 0 aromatic heterocycles. The van der Waals surface area contributed by atoms with Gasteiger partial charge in [-0.15, -0.1) is 0 Å². The van der Waals surface area contributed by atoms with E-state index < -0.39 is 6.09 Å². The number of nitrogens with one attached hydrogen (secondary N) is 1. The Balaban J connectivity index is 1.75. The summed E-state index contributed by atoms with van der Waals surface area (Å²) in [6.45, 7) is 0.339. The van der Waals surface area contributed by atoms with Gasteiger partial charge < -0.3 is 18.9 Å². The topological polar surface area (TPSA) is 66.0 Å². The summed E-state index contributed by atoms with van der Waals surface area (Å²) in [5, 5.41) is 3.10. The molecule has 0 unspecified atom stereocenters. The zero-order valence-corrected chi connectivity index (χ0v) is 14.1. The zero-order valence-electron chi connectivity index (χ0n) is 13.4. The van der Waals surface area contributed by atoms with Crippen molar-refractivity contribution in [1.29, 1.82) is 0 Å². The lowest BCUT2D eigenvalue weighted by Gasteiger charge is -2.11. The largest absolute Gasteiger partial charge is 0.497 e. The fraction of sp³-hybridized carbons (Fsp3) is 0.235. The van der Waals surface area contributed by atoms with E-state index in [2.05, 4.69) is 5.32 Å². The predicted octanol–water partition coefficient (Wildman–Crippen LogP) is 3.98. The molecule has 0 heterocycles. The van der Waals surface area contributed by atoms with Crippen LogP contribution in [0.1, 0.15) is 0 Å². The van der Waals surface area contributed by atoms with Gasteiger partial charge >= 0.3 is 6.09 Å². The Kier molecular flexibility index (Phi) is 6.57. The molecule has 1 N–H and O–H groups in total. The van der Waals surface area contributed by atoms with E-state index in [1.54, 1.807) is 49.6 Å². The summed E-state index contributed by atoms with van der Waals surface area (Å²) in [4.78, 5) is 11.8. The molecule has 0 saturated carbocycles. The molecule has 0 aliphatic carbocycles. The lowest BCUT2D eigenvalue weighted by molar-refractivity contribution is 0.137. The van der Waals surface area contributed by atoms with E-state index in [1.165, 1.54) is 7.11 Å². The normalized spacial score (nSPS) is 9.96. The number of hydrogen-bond acceptors (Lipinski definition) is 5. The van der Waals surface area contributed by atoms with Gasteiger partial charge in [-0.2, -0.15) is 0 Å². The molecule has 128 valence electrons. The van der Waals surface area contributed by atoms with Crippen LogP contribution in [0.25, 0.3) is 0 Å². The third-order valence-electron chi connectivity index (χ3n) is 3.04. The Morgan fingerprint density at radius 2 is 1.71 bits per heavy atom. The first-order valence-electron chi connectivity index (χ1n) is 7.16. The molecule has 0 spiro atoms. The van der Waals surface area contributed by atoms with Crippen LogP contribution in [0, 0.1) is 0 Å². The Bertz CT molecular complexity index is 675. The number of anilines is 1. The second kappa shape index (κ2) is 8.88. The van der Waals surface area contributed by atoms with Gasteiger partial charge in [0.2, 0.25) is 0 Å². The lowest BCUT2D eigenvalue weighted by atomic mass is 10.3. The fourth-order valence-electron chi connectivity index (χ4n) is 1.88. The predicted molar refractivity (Wildman–Crippen MR) is 91.5 cm³/mol. The van der Waals surface area contributed by atoms with Gasteiger partial charge in [0.15, 0.2) is 0 Å². The van der Waals surface area contributed by atoms with Crippen LogP contribution in [-0.2, 0) is 4.74 Å². The maximum absolute atomic E-state index is 11.8. The van der Waals surface area contributed by atoms with Crippen molar-refractivity contribution in [1.82, 2.24) is 0 Å². The molecule has 2 aromatic carbocycles. The highest BCUT2D eigenvalue weighted by Gasteiger charge is 2.09. The maximum Gasteiger partial charge on any atom is 0.411 e. The molecule has 0 aliphatic rings. The van der Waals surface area contributed by atoms with E-state index >= 15 is 0 Å². The second-order valence-corrected chi connectivity index (χ2v) is 5.07. The summed E-state index contributed by atoms with van der Waals surface area (Å²) in [7, 11) is 3.09. The molecule has 0 atom stereocenters. The van der Waals surface area contributed by atoms with Crippen LogP contribution < -0.4 is 19.5 Å². The Hall–Kier alpha value is -2.60. The summed E-state index contributed by atoms with van der Waals surface area (Å²) >= 11 is 5.86. The zero-order chi connectivity index (χ0) is 17.4. The van der Waals surface area contributed by atoms with Gasteiger partial charge in [-0.05, 0) is 36.4 Å². The van der Waals surface area contributed by atoms with Gasteiger partial charge in [0.1, 0.15) is 30.5 Å². The van der Waals surface area contributed by atoms with Gasteiger partial charge in [0, 0.05) is 11.1 Å². The van der Waals surface area contributed by atoms with E-state index in [9.17, 15) is 4.79 Å². The average molecular weight is 352 g/mol. The number of benzene rings is 2. The van der Waals surface area contributed by atoms with Crippen molar-refractivity contribution >= 4 is 23.4 Å². The van der Waals surface area contributed by atoms with Crippen LogP contribution in [0.4, 0.5) is 10.5 Å².